The number of hydrogen-bond donors (Lipinski definition) is 1. The van der Waals surface area contributed by atoms with Gasteiger partial charge in [0.2, 0.25) is 0 Å². The number of rotatable bonds is 3. The molecule has 2 aromatic rings. The quantitative estimate of drug-likeness (QED) is 0.411. The Morgan fingerprint density at radius 1 is 0.920 bits per heavy atom. The van der Waals surface area contributed by atoms with Crippen molar-refractivity contribution in [2.75, 3.05) is 0 Å². The molecule has 4 heteroatoms. The first kappa shape index (κ1) is 19.5. The van der Waals surface area contributed by atoms with Gasteiger partial charge in [-0.05, 0) is 39.5 Å². The molecule has 0 aliphatic carbocycles. The predicted molar refractivity (Wildman–Crippen MR) is 107 cm³/mol. The minimum atomic E-state index is -0.387. The lowest BCUT2D eigenvalue weighted by atomic mass is 9.79. The van der Waals surface area contributed by atoms with E-state index in [1.54, 1.807) is 12.1 Å². The normalized spacial score (nSPS) is 12.3. The van der Waals surface area contributed by atoms with Crippen LogP contribution in [0.4, 0.5) is 5.69 Å². The third-order valence-corrected chi connectivity index (χ3v) is 4.82. The van der Waals surface area contributed by atoms with E-state index in [1.807, 2.05) is 0 Å². The van der Waals surface area contributed by atoms with E-state index in [4.69, 9.17) is 0 Å². The van der Waals surface area contributed by atoms with Crippen LogP contribution in [-0.4, -0.2) is 4.92 Å². The van der Waals surface area contributed by atoms with E-state index in [0.717, 1.165) is 5.56 Å². The van der Waals surface area contributed by atoms with Gasteiger partial charge in [-0.1, -0.05) is 65.8 Å². The minimum Gasteiger partial charge on any atom is -0.258 e. The minimum absolute atomic E-state index is 0.0648. The van der Waals surface area contributed by atoms with Crippen LogP contribution in [0.3, 0.4) is 0 Å². The molecule has 0 atom stereocenters. The molecule has 25 heavy (non-hydrogen) atoms. The summed E-state index contributed by atoms with van der Waals surface area (Å²) in [6, 6.07) is 11.7. The van der Waals surface area contributed by atoms with Crippen LogP contribution in [0.5, 0.6) is 0 Å². The average Bonchev–Trinajstić information content (AvgIpc) is 2.47. The Labute approximate surface area is 156 Å². The van der Waals surface area contributed by atoms with E-state index in [1.165, 1.54) is 22.8 Å². The molecule has 0 heterocycles. The molecule has 0 aliphatic heterocycles. The fourth-order valence-corrected chi connectivity index (χ4v) is 2.98. The molecule has 0 aliphatic rings. The second kappa shape index (κ2) is 6.83. The van der Waals surface area contributed by atoms with Crippen molar-refractivity contribution in [3.05, 3.63) is 68.8 Å². The Balaban J connectivity index is 2.47. The van der Waals surface area contributed by atoms with E-state index in [0.29, 0.717) is 11.3 Å². The molecule has 0 saturated carbocycles. The zero-order valence-electron chi connectivity index (χ0n) is 15.9. The number of hydrogen-bond acceptors (Lipinski definition) is 3. The summed E-state index contributed by atoms with van der Waals surface area (Å²) >= 11 is 4.45. The maximum absolute atomic E-state index is 10.9. The fraction of sp³-hybridized carbons (Fsp3) is 0.429. The molecule has 134 valence electrons. The standard InChI is InChI=1S/C21H27NO2S/c1-20(2,3)16-10-14(11-17(12-16)21(4,5)6)9-15-7-8-18(22(23)24)13-19(15)25/h7-8,10-13,25H,9H2,1-6H3. The molecular formula is C21H27NO2S. The second-order valence-corrected chi connectivity index (χ2v) is 9.15. The number of thiol groups is 1. The van der Waals surface area contributed by atoms with Crippen LogP contribution in [0.25, 0.3) is 0 Å². The topological polar surface area (TPSA) is 43.1 Å². The predicted octanol–water partition coefficient (Wildman–Crippen LogP) is 6.07. The van der Waals surface area contributed by atoms with Gasteiger partial charge in [0.15, 0.2) is 0 Å². The molecule has 2 aromatic carbocycles. The lowest BCUT2D eigenvalue weighted by Crippen LogP contribution is -2.17. The van der Waals surface area contributed by atoms with Crippen LogP contribution in [0.2, 0.25) is 0 Å². The molecule has 0 radical (unpaired) electrons. The molecule has 0 unspecified atom stereocenters. The summed E-state index contributed by atoms with van der Waals surface area (Å²) < 4.78 is 0. The number of nitrogens with zero attached hydrogens (tertiary/aromatic N) is 1. The van der Waals surface area contributed by atoms with Gasteiger partial charge in [-0.15, -0.1) is 12.6 Å². The highest BCUT2D eigenvalue weighted by Gasteiger charge is 2.21. The monoisotopic (exact) mass is 357 g/mol. The summed E-state index contributed by atoms with van der Waals surface area (Å²) in [6.07, 6.45) is 0.712. The molecule has 2 rings (SSSR count). The van der Waals surface area contributed by atoms with Crippen LogP contribution in [0, 0.1) is 10.1 Å². The summed E-state index contributed by atoms with van der Waals surface area (Å²) in [4.78, 5) is 11.2. The Hall–Kier alpha value is -1.81. The lowest BCUT2D eigenvalue weighted by Gasteiger charge is -2.26. The first-order valence-electron chi connectivity index (χ1n) is 8.49. The van der Waals surface area contributed by atoms with E-state index >= 15 is 0 Å². The van der Waals surface area contributed by atoms with Crippen LogP contribution in [0.1, 0.15) is 63.8 Å². The van der Waals surface area contributed by atoms with Crippen molar-refractivity contribution in [2.24, 2.45) is 0 Å². The summed E-state index contributed by atoms with van der Waals surface area (Å²) in [7, 11) is 0. The number of non-ortho nitro benzene ring substituents is 1. The van der Waals surface area contributed by atoms with Crippen LogP contribution < -0.4 is 0 Å². The molecular weight excluding hydrogens is 330 g/mol. The molecule has 0 aromatic heterocycles. The van der Waals surface area contributed by atoms with E-state index in [2.05, 4.69) is 72.4 Å². The number of benzene rings is 2. The second-order valence-electron chi connectivity index (χ2n) is 8.67. The zero-order chi connectivity index (χ0) is 19.0. The van der Waals surface area contributed by atoms with Gasteiger partial charge in [-0.2, -0.15) is 0 Å². The maximum atomic E-state index is 10.9. The Bertz CT molecular complexity index is 766. The van der Waals surface area contributed by atoms with Gasteiger partial charge in [0.1, 0.15) is 0 Å². The highest BCUT2D eigenvalue weighted by atomic mass is 32.1. The van der Waals surface area contributed by atoms with Crippen molar-refractivity contribution in [1.82, 2.24) is 0 Å². The fourth-order valence-electron chi connectivity index (χ4n) is 2.70. The molecule has 0 N–H and O–H groups in total. The van der Waals surface area contributed by atoms with Gasteiger partial charge in [0, 0.05) is 17.0 Å². The summed E-state index contributed by atoms with van der Waals surface area (Å²) in [5.74, 6) is 0. The molecule has 0 saturated heterocycles. The van der Waals surface area contributed by atoms with Crippen LogP contribution >= 0.6 is 12.6 Å². The molecule has 0 spiro atoms. The first-order valence-corrected chi connectivity index (χ1v) is 8.94. The molecule has 0 bridgehead atoms. The average molecular weight is 358 g/mol. The lowest BCUT2D eigenvalue weighted by molar-refractivity contribution is -0.385. The van der Waals surface area contributed by atoms with Crippen molar-refractivity contribution < 1.29 is 4.92 Å². The maximum Gasteiger partial charge on any atom is 0.270 e. The van der Waals surface area contributed by atoms with E-state index in [9.17, 15) is 10.1 Å². The molecule has 0 amide bonds. The highest BCUT2D eigenvalue weighted by Crippen LogP contribution is 2.32. The van der Waals surface area contributed by atoms with Crippen molar-refractivity contribution >= 4 is 18.3 Å². The van der Waals surface area contributed by atoms with Crippen molar-refractivity contribution in [1.29, 1.82) is 0 Å². The van der Waals surface area contributed by atoms with Gasteiger partial charge in [0.25, 0.3) is 5.69 Å². The Morgan fingerprint density at radius 2 is 1.44 bits per heavy atom. The van der Waals surface area contributed by atoms with Crippen molar-refractivity contribution in [3.8, 4) is 0 Å². The third kappa shape index (κ3) is 4.85. The van der Waals surface area contributed by atoms with Gasteiger partial charge in [-0.3, -0.25) is 10.1 Å². The SMILES string of the molecule is CC(C)(C)c1cc(Cc2ccc([N+](=O)[O-])cc2S)cc(C(C)(C)C)c1. The van der Waals surface area contributed by atoms with Gasteiger partial charge in [-0.25, -0.2) is 0 Å². The third-order valence-electron chi connectivity index (χ3n) is 4.40. The smallest absolute Gasteiger partial charge is 0.258 e. The molecule has 0 fully saturated rings. The molecule has 3 nitrogen and oxygen atoms in total. The zero-order valence-corrected chi connectivity index (χ0v) is 16.8. The van der Waals surface area contributed by atoms with E-state index < -0.39 is 0 Å². The van der Waals surface area contributed by atoms with Crippen molar-refractivity contribution in [2.45, 2.75) is 63.7 Å². The number of nitro groups is 1. The van der Waals surface area contributed by atoms with Gasteiger partial charge in [0.05, 0.1) is 4.92 Å². The van der Waals surface area contributed by atoms with Gasteiger partial charge < -0.3 is 0 Å². The number of nitro benzene ring substituents is 1. The largest absolute Gasteiger partial charge is 0.270 e. The Kier molecular flexibility index (Phi) is 5.33. The van der Waals surface area contributed by atoms with Crippen molar-refractivity contribution in [3.63, 3.8) is 0 Å². The van der Waals surface area contributed by atoms with E-state index in [-0.39, 0.29) is 21.4 Å². The summed E-state index contributed by atoms with van der Waals surface area (Å²) in [5, 5.41) is 10.9. The Morgan fingerprint density at radius 3 is 1.84 bits per heavy atom. The first-order chi connectivity index (χ1) is 11.4. The summed E-state index contributed by atoms with van der Waals surface area (Å²) in [5.41, 5.74) is 5.02. The van der Waals surface area contributed by atoms with Crippen LogP contribution in [0.15, 0.2) is 41.3 Å². The highest BCUT2D eigenvalue weighted by molar-refractivity contribution is 7.80. The van der Waals surface area contributed by atoms with Gasteiger partial charge >= 0.3 is 0 Å². The summed E-state index contributed by atoms with van der Waals surface area (Å²) in [6.45, 7) is 13.3. The van der Waals surface area contributed by atoms with Crippen LogP contribution in [-0.2, 0) is 17.3 Å².